The highest BCUT2D eigenvalue weighted by Crippen LogP contribution is 2.21. The Morgan fingerprint density at radius 2 is 1.46 bits per heavy atom. The number of nitrogens with zero attached hydrogens (tertiary/aromatic N) is 2. The number of hydrogen-bond donors (Lipinski definition) is 0. The molecule has 2 rings (SSSR count). The summed E-state index contributed by atoms with van der Waals surface area (Å²) in [5, 5.41) is 0. The zero-order valence-corrected chi connectivity index (χ0v) is 15.0. The fraction of sp³-hybridized carbons (Fsp3) is 0.278. The van der Waals surface area contributed by atoms with E-state index in [1.807, 2.05) is 30.3 Å². The van der Waals surface area contributed by atoms with Gasteiger partial charge in [-0.3, -0.25) is 9.10 Å². The topological polar surface area (TPSA) is 57.7 Å². The Hall–Kier alpha value is -2.34. The largest absolute Gasteiger partial charge is 0.315 e. The molecule has 0 aliphatic heterocycles. The number of benzene rings is 2. The highest BCUT2D eigenvalue weighted by Gasteiger charge is 2.14. The molecule has 6 heteroatoms. The number of aryl methyl sites for hydroxylation is 1. The highest BCUT2D eigenvalue weighted by molar-refractivity contribution is 7.92. The minimum Gasteiger partial charge on any atom is -0.315 e. The first-order valence-corrected chi connectivity index (χ1v) is 9.48. The molecule has 1 amide bonds. The Morgan fingerprint density at radius 1 is 0.917 bits per heavy atom. The van der Waals surface area contributed by atoms with E-state index in [9.17, 15) is 13.2 Å². The lowest BCUT2D eigenvalue weighted by Gasteiger charge is -2.20. The van der Waals surface area contributed by atoms with Crippen LogP contribution in [0.1, 0.15) is 12.0 Å². The van der Waals surface area contributed by atoms with E-state index in [1.54, 1.807) is 36.2 Å². The second kappa shape index (κ2) is 7.49. The van der Waals surface area contributed by atoms with Crippen molar-refractivity contribution in [2.75, 3.05) is 29.6 Å². The van der Waals surface area contributed by atoms with Gasteiger partial charge in [0.15, 0.2) is 0 Å². The van der Waals surface area contributed by atoms with E-state index in [0.29, 0.717) is 18.5 Å². The number of carbonyl (C=O) groups excluding carboxylic acids is 1. The average Bonchev–Trinajstić information content (AvgIpc) is 2.58. The zero-order chi connectivity index (χ0) is 17.7. The molecule has 0 bridgehead atoms. The van der Waals surface area contributed by atoms with E-state index in [4.69, 9.17) is 0 Å². The Kier molecular flexibility index (Phi) is 5.62. The molecule has 2 aromatic rings. The molecule has 0 aromatic heterocycles. The molecule has 0 aliphatic carbocycles. The molecule has 0 unspecified atom stereocenters. The molecule has 0 N–H and O–H groups in total. The van der Waals surface area contributed by atoms with Gasteiger partial charge < -0.3 is 4.90 Å². The monoisotopic (exact) mass is 346 g/mol. The van der Waals surface area contributed by atoms with Crippen LogP contribution in [0.25, 0.3) is 0 Å². The predicted octanol–water partition coefficient (Wildman–Crippen LogP) is 2.68. The van der Waals surface area contributed by atoms with Gasteiger partial charge >= 0.3 is 0 Å². The van der Waals surface area contributed by atoms with Crippen molar-refractivity contribution in [2.24, 2.45) is 0 Å². The van der Waals surface area contributed by atoms with E-state index in [1.165, 1.54) is 11.4 Å². The zero-order valence-electron chi connectivity index (χ0n) is 14.1. The van der Waals surface area contributed by atoms with Gasteiger partial charge in [0, 0.05) is 26.2 Å². The van der Waals surface area contributed by atoms with Crippen LogP contribution in [0.3, 0.4) is 0 Å². The summed E-state index contributed by atoms with van der Waals surface area (Å²) >= 11 is 0. The maximum Gasteiger partial charge on any atom is 0.231 e. The van der Waals surface area contributed by atoms with Crippen LogP contribution in [-0.2, 0) is 21.2 Å². The lowest BCUT2D eigenvalue weighted by atomic mass is 10.1. The van der Waals surface area contributed by atoms with E-state index in [0.717, 1.165) is 17.5 Å². The first-order valence-electron chi connectivity index (χ1n) is 7.63. The Labute approximate surface area is 143 Å². The number of sulfonamides is 1. The smallest absolute Gasteiger partial charge is 0.231 e. The van der Waals surface area contributed by atoms with E-state index >= 15 is 0 Å². The maximum absolute atomic E-state index is 12.3. The van der Waals surface area contributed by atoms with Crippen LogP contribution < -0.4 is 9.21 Å². The SMILES string of the molecule is CN(C(=O)CCc1ccccc1)c1ccc(N(C)S(C)(=O)=O)cc1. The van der Waals surface area contributed by atoms with Crippen LogP contribution in [-0.4, -0.2) is 34.7 Å². The minimum absolute atomic E-state index is 0.0167. The van der Waals surface area contributed by atoms with Crippen molar-refractivity contribution in [3.8, 4) is 0 Å². The first kappa shape index (κ1) is 18.0. The first-order chi connectivity index (χ1) is 11.3. The van der Waals surface area contributed by atoms with Gasteiger partial charge in [-0.25, -0.2) is 8.42 Å². The summed E-state index contributed by atoms with van der Waals surface area (Å²) in [6.45, 7) is 0. The average molecular weight is 346 g/mol. The second-order valence-corrected chi connectivity index (χ2v) is 7.70. The molecule has 0 radical (unpaired) electrons. The van der Waals surface area contributed by atoms with Crippen LogP contribution in [0, 0.1) is 0 Å². The van der Waals surface area contributed by atoms with Gasteiger partial charge in [0.25, 0.3) is 0 Å². The third-order valence-corrected chi connectivity index (χ3v) is 5.15. The van der Waals surface area contributed by atoms with Gasteiger partial charge in [0.05, 0.1) is 11.9 Å². The lowest BCUT2D eigenvalue weighted by molar-refractivity contribution is -0.118. The fourth-order valence-electron chi connectivity index (χ4n) is 2.29. The molecule has 5 nitrogen and oxygen atoms in total. The molecule has 0 atom stereocenters. The second-order valence-electron chi connectivity index (χ2n) is 5.69. The quantitative estimate of drug-likeness (QED) is 0.808. The molecule has 24 heavy (non-hydrogen) atoms. The molecular weight excluding hydrogens is 324 g/mol. The van der Waals surface area contributed by atoms with Crippen molar-refractivity contribution in [2.45, 2.75) is 12.8 Å². The number of amides is 1. The normalized spacial score (nSPS) is 11.1. The lowest BCUT2D eigenvalue weighted by Crippen LogP contribution is -2.27. The van der Waals surface area contributed by atoms with E-state index < -0.39 is 10.0 Å². The standard InChI is InChI=1S/C18H22N2O3S/c1-19(18(21)14-9-15-7-5-4-6-8-15)16-10-12-17(13-11-16)20(2)24(3,22)23/h4-8,10-13H,9,14H2,1-3H3. The Morgan fingerprint density at radius 3 is 2.00 bits per heavy atom. The van der Waals surface area contributed by atoms with E-state index in [-0.39, 0.29) is 5.91 Å². The van der Waals surface area contributed by atoms with Crippen molar-refractivity contribution in [3.05, 3.63) is 60.2 Å². The maximum atomic E-state index is 12.3. The van der Waals surface area contributed by atoms with Crippen molar-refractivity contribution in [3.63, 3.8) is 0 Å². The van der Waals surface area contributed by atoms with Crippen molar-refractivity contribution in [1.29, 1.82) is 0 Å². The molecule has 0 aliphatic rings. The third-order valence-electron chi connectivity index (χ3n) is 3.94. The summed E-state index contributed by atoms with van der Waals surface area (Å²) < 4.78 is 24.3. The molecule has 0 fully saturated rings. The molecule has 2 aromatic carbocycles. The minimum atomic E-state index is -3.29. The van der Waals surface area contributed by atoms with Gasteiger partial charge in [-0.15, -0.1) is 0 Å². The fourth-order valence-corrected chi connectivity index (χ4v) is 2.79. The van der Waals surface area contributed by atoms with Crippen LogP contribution in [0.15, 0.2) is 54.6 Å². The Balaban J connectivity index is 2.01. The summed E-state index contributed by atoms with van der Waals surface area (Å²) in [6.07, 6.45) is 2.27. The summed E-state index contributed by atoms with van der Waals surface area (Å²) in [5.41, 5.74) is 2.43. The van der Waals surface area contributed by atoms with Crippen LogP contribution in [0.4, 0.5) is 11.4 Å². The van der Waals surface area contributed by atoms with Gasteiger partial charge in [-0.05, 0) is 36.2 Å². The predicted molar refractivity (Wildman–Crippen MR) is 97.9 cm³/mol. The summed E-state index contributed by atoms with van der Waals surface area (Å²) in [4.78, 5) is 13.9. The van der Waals surface area contributed by atoms with E-state index in [2.05, 4.69) is 0 Å². The van der Waals surface area contributed by atoms with Crippen molar-refractivity contribution in [1.82, 2.24) is 0 Å². The highest BCUT2D eigenvalue weighted by atomic mass is 32.2. The molecule has 0 saturated heterocycles. The van der Waals surface area contributed by atoms with Gasteiger partial charge in [-0.2, -0.15) is 0 Å². The van der Waals surface area contributed by atoms with Crippen molar-refractivity contribution < 1.29 is 13.2 Å². The van der Waals surface area contributed by atoms with Crippen LogP contribution >= 0.6 is 0 Å². The third kappa shape index (κ3) is 4.58. The number of anilines is 2. The summed E-state index contributed by atoms with van der Waals surface area (Å²) in [6, 6.07) is 16.8. The number of carbonyl (C=O) groups is 1. The summed E-state index contributed by atoms with van der Waals surface area (Å²) in [5.74, 6) is 0.0167. The van der Waals surface area contributed by atoms with Gasteiger partial charge in [0.2, 0.25) is 15.9 Å². The molecular formula is C18H22N2O3S. The molecule has 0 heterocycles. The van der Waals surface area contributed by atoms with Gasteiger partial charge in [0.1, 0.15) is 0 Å². The molecule has 128 valence electrons. The number of hydrogen-bond acceptors (Lipinski definition) is 3. The number of rotatable bonds is 6. The van der Waals surface area contributed by atoms with Gasteiger partial charge in [-0.1, -0.05) is 30.3 Å². The molecule has 0 spiro atoms. The molecule has 0 saturated carbocycles. The Bertz CT molecular complexity index is 787. The van der Waals surface area contributed by atoms with Crippen LogP contribution in [0.5, 0.6) is 0 Å². The summed E-state index contributed by atoms with van der Waals surface area (Å²) in [7, 11) is -0.0679. The van der Waals surface area contributed by atoms with Crippen molar-refractivity contribution >= 4 is 27.3 Å². The van der Waals surface area contributed by atoms with Crippen LogP contribution in [0.2, 0.25) is 0 Å².